The highest BCUT2D eigenvalue weighted by Crippen LogP contribution is 2.32. The molecule has 0 saturated carbocycles. The molecule has 0 spiro atoms. The molecule has 0 heterocycles. The Bertz CT molecular complexity index is 1110. The summed E-state index contributed by atoms with van der Waals surface area (Å²) >= 11 is 0. The molecule has 1 unspecified atom stereocenters. The van der Waals surface area contributed by atoms with Crippen molar-refractivity contribution in [2.45, 2.75) is 106 Å². The van der Waals surface area contributed by atoms with E-state index in [4.69, 9.17) is 36.1 Å². The number of hydrogen-bond acceptors (Lipinski definition) is 9. The van der Waals surface area contributed by atoms with E-state index in [0.29, 0.717) is 44.0 Å². The predicted octanol–water partition coefficient (Wildman–Crippen LogP) is 4.22. The average molecular weight is 665 g/mol. The Morgan fingerprint density at radius 1 is 0.894 bits per heavy atom. The second-order valence-electron chi connectivity index (χ2n) is 14.6. The zero-order valence-electron chi connectivity index (χ0n) is 30.6. The van der Waals surface area contributed by atoms with Gasteiger partial charge in [0.15, 0.2) is 11.5 Å². The lowest BCUT2D eigenvalue weighted by Crippen LogP contribution is -2.48. The van der Waals surface area contributed by atoms with Gasteiger partial charge in [0, 0.05) is 38.6 Å². The molecule has 0 radical (unpaired) electrons. The molecule has 0 aromatic heterocycles. The molecule has 1 aromatic rings. The van der Waals surface area contributed by atoms with E-state index in [9.17, 15) is 14.4 Å². The van der Waals surface area contributed by atoms with Gasteiger partial charge in [0.25, 0.3) is 0 Å². The zero-order chi connectivity index (χ0) is 35.9. The molecule has 0 bridgehead atoms. The number of esters is 1. The fourth-order valence-corrected chi connectivity index (χ4v) is 5.35. The molecule has 270 valence electrons. The maximum absolute atomic E-state index is 13.4. The molecule has 47 heavy (non-hydrogen) atoms. The van der Waals surface area contributed by atoms with Crippen LogP contribution in [0.25, 0.3) is 0 Å². The Kier molecular flexibility index (Phi) is 18.4. The van der Waals surface area contributed by atoms with E-state index in [1.165, 1.54) is 0 Å². The number of nitrogens with one attached hydrogen (secondary N) is 1. The van der Waals surface area contributed by atoms with Crippen LogP contribution in [-0.2, 0) is 30.3 Å². The molecule has 11 heteroatoms. The Morgan fingerprint density at radius 2 is 1.55 bits per heavy atom. The van der Waals surface area contributed by atoms with Crippen molar-refractivity contribution in [2.75, 3.05) is 34.0 Å². The van der Waals surface area contributed by atoms with Gasteiger partial charge in [-0.05, 0) is 80.9 Å². The summed E-state index contributed by atoms with van der Waals surface area (Å²) in [6, 6.07) is 4.58. The summed E-state index contributed by atoms with van der Waals surface area (Å²) < 4.78 is 22.7. The van der Waals surface area contributed by atoms with Gasteiger partial charge in [0.05, 0.1) is 19.1 Å². The van der Waals surface area contributed by atoms with E-state index in [1.807, 2.05) is 45.9 Å². The number of nitrogens with two attached hydrogens (primary N) is 3. The fraction of sp³-hybridized carbons (Fsp3) is 0.750. The second-order valence-corrected chi connectivity index (χ2v) is 14.6. The number of primary amides is 1. The minimum Gasteiger partial charge on any atom is -0.493 e. The lowest BCUT2D eigenvalue weighted by Gasteiger charge is -2.33. The van der Waals surface area contributed by atoms with E-state index in [-0.39, 0.29) is 42.5 Å². The number of benzene rings is 1. The van der Waals surface area contributed by atoms with Crippen molar-refractivity contribution in [1.29, 1.82) is 0 Å². The average Bonchev–Trinajstić information content (AvgIpc) is 2.99. The van der Waals surface area contributed by atoms with E-state index in [1.54, 1.807) is 28.1 Å². The Labute approximate surface area is 283 Å². The highest BCUT2D eigenvalue weighted by atomic mass is 16.5. The second kappa shape index (κ2) is 20.5. The van der Waals surface area contributed by atoms with Crippen LogP contribution in [0.3, 0.4) is 0 Å². The third-order valence-corrected chi connectivity index (χ3v) is 8.77. The molecule has 0 aliphatic heterocycles. The van der Waals surface area contributed by atoms with Gasteiger partial charge in [0.2, 0.25) is 11.8 Å². The van der Waals surface area contributed by atoms with Crippen molar-refractivity contribution in [3.63, 3.8) is 0 Å². The van der Waals surface area contributed by atoms with Crippen LogP contribution >= 0.6 is 0 Å². The Hall–Kier alpha value is -2.89. The Balaban J connectivity index is 3.27. The number of methoxy groups -OCH3 is 2. The van der Waals surface area contributed by atoms with Crippen LogP contribution in [0.1, 0.15) is 86.6 Å². The summed E-state index contributed by atoms with van der Waals surface area (Å²) in [5, 5.41) is 2.89. The molecular weight excluding hydrogens is 600 g/mol. The van der Waals surface area contributed by atoms with Crippen LogP contribution < -0.4 is 32.0 Å². The molecule has 5 atom stereocenters. The van der Waals surface area contributed by atoms with Crippen LogP contribution in [0.4, 0.5) is 0 Å². The molecular formula is C36H64N4O7. The number of carbonyl (C=O) groups is 3. The maximum Gasteiger partial charge on any atom is 0.323 e. The summed E-state index contributed by atoms with van der Waals surface area (Å²) in [4.78, 5) is 38.5. The van der Waals surface area contributed by atoms with Crippen LogP contribution in [0.5, 0.6) is 11.5 Å². The summed E-state index contributed by atoms with van der Waals surface area (Å²) in [7, 11) is 3.28. The van der Waals surface area contributed by atoms with Crippen molar-refractivity contribution in [1.82, 2.24) is 5.32 Å². The third kappa shape index (κ3) is 14.8. The first-order valence-electron chi connectivity index (χ1n) is 17.0. The van der Waals surface area contributed by atoms with E-state index in [0.717, 1.165) is 12.0 Å². The van der Waals surface area contributed by atoms with Gasteiger partial charge < -0.3 is 41.5 Å². The molecule has 7 N–H and O–H groups in total. The van der Waals surface area contributed by atoms with Gasteiger partial charge in [-0.2, -0.15) is 0 Å². The molecule has 11 nitrogen and oxygen atoms in total. The Morgan fingerprint density at radius 3 is 2.09 bits per heavy atom. The highest BCUT2D eigenvalue weighted by Gasteiger charge is 2.35. The number of carbonyl (C=O) groups excluding carboxylic acids is 3. The standard InChI is InChI=1S/C36H64N4O7/c1-22(2)16-29(38)34(42)47-31(20-27(24(5)6)33(41)40-21-36(7,8)35(39)43)28(37)19-26(23(3)4)17-25-12-13-30(45-10)32(18-25)46-15-11-14-44-9/h12-13,18,22-24,26-29,31H,11,14-17,19-21,37-38H2,1-10H3,(H2,39,43)(H,40,41)/t26-,27+,28?,29-,31-/m0/s1. The molecule has 2 amide bonds. The van der Waals surface area contributed by atoms with Crippen molar-refractivity contribution in [3.8, 4) is 11.5 Å². The van der Waals surface area contributed by atoms with Crippen LogP contribution in [0.15, 0.2) is 18.2 Å². The maximum atomic E-state index is 13.4. The summed E-state index contributed by atoms with van der Waals surface area (Å²) in [5.74, 6) is 0.0308. The molecule has 0 saturated heterocycles. The molecule has 0 aliphatic carbocycles. The summed E-state index contributed by atoms with van der Waals surface area (Å²) in [5.41, 5.74) is 18.8. The number of amides is 2. The van der Waals surface area contributed by atoms with Crippen molar-refractivity contribution >= 4 is 17.8 Å². The molecule has 1 aromatic carbocycles. The van der Waals surface area contributed by atoms with E-state index < -0.39 is 41.4 Å². The van der Waals surface area contributed by atoms with Gasteiger partial charge >= 0.3 is 5.97 Å². The van der Waals surface area contributed by atoms with Crippen LogP contribution in [0.2, 0.25) is 0 Å². The first kappa shape index (κ1) is 42.1. The normalized spacial score (nSPS) is 15.2. The van der Waals surface area contributed by atoms with Crippen molar-refractivity contribution < 1.29 is 33.3 Å². The largest absolute Gasteiger partial charge is 0.493 e. The van der Waals surface area contributed by atoms with E-state index >= 15 is 0 Å². The van der Waals surface area contributed by atoms with Gasteiger partial charge in [0.1, 0.15) is 12.1 Å². The number of rotatable bonds is 23. The third-order valence-electron chi connectivity index (χ3n) is 8.77. The monoisotopic (exact) mass is 664 g/mol. The van der Waals surface area contributed by atoms with E-state index in [2.05, 4.69) is 19.2 Å². The SMILES string of the molecule is COCCCOc1cc(C[C@@H](CC(N)[C@H](C[C@@H](C(=O)NCC(C)(C)C(N)=O)C(C)C)OC(=O)[C@@H](N)CC(C)C)C(C)C)ccc1OC. The zero-order valence-corrected chi connectivity index (χ0v) is 30.6. The fourth-order valence-electron chi connectivity index (χ4n) is 5.35. The number of hydrogen-bond donors (Lipinski definition) is 4. The van der Waals surface area contributed by atoms with Crippen molar-refractivity contribution in [2.24, 2.45) is 52.2 Å². The van der Waals surface area contributed by atoms with Crippen LogP contribution in [0, 0.1) is 35.0 Å². The lowest BCUT2D eigenvalue weighted by molar-refractivity contribution is -0.154. The van der Waals surface area contributed by atoms with Gasteiger partial charge in [-0.15, -0.1) is 0 Å². The van der Waals surface area contributed by atoms with Gasteiger partial charge in [-0.25, -0.2) is 0 Å². The summed E-state index contributed by atoms with van der Waals surface area (Å²) in [6.45, 7) is 16.7. The summed E-state index contributed by atoms with van der Waals surface area (Å²) in [6.07, 6.45) is 1.96. The first-order chi connectivity index (χ1) is 21.9. The molecule has 1 rings (SSSR count). The minimum absolute atomic E-state index is 0.0908. The molecule has 0 aliphatic rings. The predicted molar refractivity (Wildman–Crippen MR) is 186 cm³/mol. The van der Waals surface area contributed by atoms with Gasteiger partial charge in [-0.1, -0.05) is 47.6 Å². The lowest BCUT2D eigenvalue weighted by atomic mass is 9.80. The quantitative estimate of drug-likeness (QED) is 0.0985. The topological polar surface area (TPSA) is 178 Å². The highest BCUT2D eigenvalue weighted by molar-refractivity contribution is 5.83. The molecule has 0 fully saturated rings. The van der Waals surface area contributed by atoms with Crippen LogP contribution in [-0.4, -0.2) is 69.9 Å². The van der Waals surface area contributed by atoms with Gasteiger partial charge in [-0.3, -0.25) is 14.4 Å². The minimum atomic E-state index is -0.913. The number of ether oxygens (including phenoxy) is 4. The first-order valence-corrected chi connectivity index (χ1v) is 17.0. The smallest absolute Gasteiger partial charge is 0.323 e. The van der Waals surface area contributed by atoms with Crippen molar-refractivity contribution in [3.05, 3.63) is 23.8 Å².